The van der Waals surface area contributed by atoms with Gasteiger partial charge in [0.25, 0.3) is 0 Å². The highest BCUT2D eigenvalue weighted by atomic mass is 14.6. The molecule has 0 aromatic carbocycles. The number of fused-ring (bicyclic) bond motifs is 10. The second-order valence-electron chi connectivity index (χ2n) is 35.0. The van der Waals surface area contributed by atoms with E-state index in [-0.39, 0.29) is 0 Å². The van der Waals surface area contributed by atoms with Gasteiger partial charge in [0.2, 0.25) is 0 Å². The van der Waals surface area contributed by atoms with Crippen LogP contribution in [0.15, 0.2) is 0 Å². The van der Waals surface area contributed by atoms with Crippen molar-refractivity contribution in [1.82, 2.24) is 0 Å². The molecule has 0 nitrogen and oxygen atoms in total. The van der Waals surface area contributed by atoms with Crippen molar-refractivity contribution in [2.75, 3.05) is 0 Å². The Hall–Kier alpha value is 0. The van der Waals surface area contributed by atoms with E-state index in [1.165, 1.54) is 122 Å². The van der Waals surface area contributed by atoms with Crippen LogP contribution in [-0.2, 0) is 0 Å². The summed E-state index contributed by atoms with van der Waals surface area (Å²) in [5.41, 5.74) is 0.694. The topological polar surface area (TPSA) is 0 Å². The lowest BCUT2D eigenvalue weighted by Gasteiger charge is -2.60. The molecule has 12 saturated carbocycles. The molecule has 12 fully saturated rings. The molecule has 0 radical (unpaired) electrons. The van der Waals surface area contributed by atoms with Crippen molar-refractivity contribution in [3.8, 4) is 0 Å². The summed E-state index contributed by atoms with van der Waals surface area (Å²) >= 11 is 0. The number of rotatable bonds is 9. The van der Waals surface area contributed by atoms with Crippen molar-refractivity contribution in [1.29, 1.82) is 0 Å². The molecule has 0 aliphatic heterocycles. The van der Waals surface area contributed by atoms with E-state index in [2.05, 4.69) is 111 Å². The Kier molecular flexibility index (Phi) is 29.6. The van der Waals surface area contributed by atoms with Gasteiger partial charge in [0.15, 0.2) is 0 Å². The van der Waals surface area contributed by atoms with Gasteiger partial charge in [0.1, 0.15) is 0 Å². The van der Waals surface area contributed by atoms with Gasteiger partial charge >= 0.3 is 0 Å². The van der Waals surface area contributed by atoms with Gasteiger partial charge in [-0.2, -0.15) is 0 Å². The van der Waals surface area contributed by atoms with Crippen LogP contribution in [0.25, 0.3) is 0 Å². The van der Waals surface area contributed by atoms with Crippen molar-refractivity contribution in [2.45, 2.75) is 355 Å². The van der Waals surface area contributed by atoms with Gasteiger partial charge in [0.05, 0.1) is 0 Å². The van der Waals surface area contributed by atoms with Crippen molar-refractivity contribution in [3.05, 3.63) is 0 Å². The summed E-state index contributed by atoms with van der Waals surface area (Å²) in [4.78, 5) is 0. The Morgan fingerprint density at radius 1 is 0.329 bits per heavy atom. The summed E-state index contributed by atoms with van der Waals surface area (Å²) < 4.78 is 0. The monoisotopic (exact) mass is 1100 g/mol. The van der Waals surface area contributed by atoms with Gasteiger partial charge < -0.3 is 0 Å². The van der Waals surface area contributed by atoms with E-state index in [4.69, 9.17) is 0 Å². The summed E-state index contributed by atoms with van der Waals surface area (Å²) in [7, 11) is 0. The molecular weight excluding hydrogens is 949 g/mol. The van der Waals surface area contributed by atoms with Crippen LogP contribution in [0.5, 0.6) is 0 Å². The lowest BCUT2D eigenvalue weighted by molar-refractivity contribution is -0.107. The first kappa shape index (κ1) is 68.1. The first-order chi connectivity index (χ1) is 37.7. The average Bonchev–Trinajstić information content (AvgIpc) is 3.73. The molecule has 0 aromatic rings. The number of hydrogen-bond acceptors (Lipinski definition) is 0. The molecular formula is C79H148. The highest BCUT2D eigenvalue weighted by Crippen LogP contribution is 2.62. The van der Waals surface area contributed by atoms with Crippen molar-refractivity contribution in [3.63, 3.8) is 0 Å². The first-order valence-electron chi connectivity index (χ1n) is 37.7. The van der Waals surface area contributed by atoms with Gasteiger partial charge in [-0.05, 0) is 276 Å². The molecule has 11 unspecified atom stereocenters. The van der Waals surface area contributed by atoms with Crippen LogP contribution in [0.3, 0.4) is 0 Å². The van der Waals surface area contributed by atoms with E-state index in [9.17, 15) is 0 Å². The van der Waals surface area contributed by atoms with Crippen molar-refractivity contribution in [2.24, 2.45) is 147 Å². The van der Waals surface area contributed by atoms with Gasteiger partial charge in [0, 0.05) is 0 Å². The van der Waals surface area contributed by atoms with Crippen LogP contribution in [0.1, 0.15) is 355 Å². The molecule has 0 saturated heterocycles. The van der Waals surface area contributed by atoms with E-state index in [0.29, 0.717) is 5.41 Å². The molecule has 464 valence electrons. The molecule has 12 aliphatic carbocycles. The molecule has 0 heterocycles. The normalized spacial score (nSPS) is 38.9. The summed E-state index contributed by atoms with van der Waals surface area (Å²) in [6.45, 7) is 38.7. The zero-order chi connectivity index (χ0) is 57.2. The maximum absolute atomic E-state index is 2.51. The second-order valence-corrected chi connectivity index (χ2v) is 35.0. The van der Waals surface area contributed by atoms with Gasteiger partial charge in [-0.15, -0.1) is 0 Å². The van der Waals surface area contributed by atoms with Crippen LogP contribution < -0.4 is 0 Å². The molecule has 0 heteroatoms. The highest BCUT2D eigenvalue weighted by Gasteiger charge is 2.53. The molecule has 0 N–H and O–H groups in total. The molecule has 0 amide bonds. The molecule has 79 heavy (non-hydrogen) atoms. The van der Waals surface area contributed by atoms with E-state index in [0.717, 1.165) is 142 Å². The standard InChI is InChI=1S/2C14H26.2C13H24.C13H26.C12H22/c1-10(2)5-6-11-7-8-12-9-13(11)14(12,3)4;1-4-11-5-12-7-13(6-11)9-14(8-12)10(2)3;1-9(2)13-7-11-4-10(3)5-12(6-11)8-13;1-10(2)13-8-11-5-3-4-6-12(7-11)9-13;1-12(2)13-10-8-6-4-3-5-7-9-11-13;1-9(2)12-7-10-4-3-5-11(6-10)8-12/h10-13H,5-9H2,1-4H3;10-14H,4-9H2,1-3H3;9-13H,4-8H2,1-3H3;10-13H,3-9H2,1-2H3;12-13H,3-11H2,1-2H3;9-12H,3-8H2,1-2H3. The highest BCUT2D eigenvalue weighted by molar-refractivity contribution is 5.03. The average molecular weight is 1100 g/mol. The molecule has 12 rings (SSSR count). The van der Waals surface area contributed by atoms with E-state index in [1.807, 2.05) is 0 Å². The summed E-state index contributed by atoms with van der Waals surface area (Å²) in [6.07, 6.45) is 57.9. The van der Waals surface area contributed by atoms with Gasteiger partial charge in [-0.25, -0.2) is 0 Å². The minimum Gasteiger partial charge on any atom is -0.0651 e. The minimum absolute atomic E-state index is 0.694. The Morgan fingerprint density at radius 3 is 1.03 bits per heavy atom. The Labute approximate surface area is 499 Å². The molecule has 0 aromatic heterocycles. The van der Waals surface area contributed by atoms with E-state index >= 15 is 0 Å². The maximum atomic E-state index is 2.51. The minimum atomic E-state index is 0.694. The van der Waals surface area contributed by atoms with E-state index < -0.39 is 0 Å². The Balaban J connectivity index is 0.000000153. The molecule has 0 spiro atoms. The molecule has 12 aliphatic rings. The van der Waals surface area contributed by atoms with Crippen molar-refractivity contribution >= 4 is 0 Å². The van der Waals surface area contributed by atoms with Crippen LogP contribution in [0.4, 0.5) is 0 Å². The summed E-state index contributed by atoms with van der Waals surface area (Å²) in [5.74, 6) is 24.9. The Bertz CT molecular complexity index is 1510. The fourth-order valence-corrected chi connectivity index (χ4v) is 20.9. The smallest absolute Gasteiger partial charge is 0.0295 e. The number of hydrogen-bond donors (Lipinski definition) is 0. The third-order valence-electron chi connectivity index (χ3n) is 26.3. The predicted octanol–water partition coefficient (Wildman–Crippen LogP) is 26.0. The largest absolute Gasteiger partial charge is 0.0651 e. The quantitative estimate of drug-likeness (QED) is 0.216. The fourth-order valence-electron chi connectivity index (χ4n) is 20.9. The van der Waals surface area contributed by atoms with Gasteiger partial charge in [-0.3, -0.25) is 0 Å². The van der Waals surface area contributed by atoms with Crippen LogP contribution in [0, 0.1) is 147 Å². The van der Waals surface area contributed by atoms with Crippen LogP contribution in [-0.4, -0.2) is 0 Å². The maximum Gasteiger partial charge on any atom is -0.0295 e. The zero-order valence-electron chi connectivity index (χ0n) is 57.2. The van der Waals surface area contributed by atoms with Crippen LogP contribution in [0.2, 0.25) is 0 Å². The molecule has 11 atom stereocenters. The second kappa shape index (κ2) is 34.4. The summed E-state index contributed by atoms with van der Waals surface area (Å²) in [6, 6.07) is 0. The van der Waals surface area contributed by atoms with Crippen LogP contribution >= 0.6 is 0 Å². The SMILES string of the molecule is CC(C)C1CC2CCCC(C2)C1.CC(C)C1CC2CCCCC(C2)C1.CC(C)C1CCCCCCCCC1.CC(C)CCC1CCC2CC1C2(C)C.CC1CC2CC(C1)CC(C(C)C)C2.CCC1CC2CC(C1)CC(C(C)C)C2. The third kappa shape index (κ3) is 22.7. The lowest BCUT2D eigenvalue weighted by atomic mass is 9.45. The molecule has 10 bridgehead atoms. The lowest BCUT2D eigenvalue weighted by Crippen LogP contribution is -2.52. The predicted molar refractivity (Wildman–Crippen MR) is 352 cm³/mol. The fraction of sp³-hybridized carbons (Fsp3) is 1.00. The van der Waals surface area contributed by atoms with E-state index in [1.54, 1.807) is 122 Å². The Morgan fingerprint density at radius 2 is 0.671 bits per heavy atom. The third-order valence-corrected chi connectivity index (χ3v) is 26.3. The van der Waals surface area contributed by atoms with Gasteiger partial charge in [-0.1, -0.05) is 226 Å². The zero-order valence-corrected chi connectivity index (χ0v) is 57.2. The first-order valence-corrected chi connectivity index (χ1v) is 37.7. The van der Waals surface area contributed by atoms with Crippen molar-refractivity contribution < 1.29 is 0 Å². The summed E-state index contributed by atoms with van der Waals surface area (Å²) in [5, 5.41) is 0.